The number of rotatable bonds is 7. The number of furan rings is 1. The summed E-state index contributed by atoms with van der Waals surface area (Å²) >= 11 is 0. The quantitative estimate of drug-likeness (QED) is 0.161. The van der Waals surface area contributed by atoms with Crippen LogP contribution in [0.25, 0.3) is 77.6 Å². The number of hydrogen-bond acceptors (Lipinski definition) is 2. The lowest BCUT2D eigenvalue weighted by atomic mass is 9.81. The van der Waals surface area contributed by atoms with Gasteiger partial charge in [-0.2, -0.15) is 0 Å². The van der Waals surface area contributed by atoms with E-state index >= 15 is 0 Å². The minimum Gasteiger partial charge on any atom is -0.456 e. The third-order valence-corrected chi connectivity index (χ3v) is 12.3. The Balaban J connectivity index is 1.08. The first-order valence-electron chi connectivity index (χ1n) is 20.4. The molecule has 280 valence electrons. The topological polar surface area (TPSA) is 16.4 Å². The molecule has 0 atom stereocenters. The zero-order valence-corrected chi connectivity index (χ0v) is 33.1. The Morgan fingerprint density at radius 1 is 0.356 bits per heavy atom. The molecule has 0 amide bonds. The Labute approximate surface area is 345 Å². The van der Waals surface area contributed by atoms with Crippen LogP contribution in [-0.4, -0.2) is 0 Å². The van der Waals surface area contributed by atoms with Crippen LogP contribution in [0, 0.1) is 0 Å². The second-order valence-electron chi connectivity index (χ2n) is 16.1. The van der Waals surface area contributed by atoms with E-state index in [1.54, 1.807) is 0 Å². The number of nitrogens with zero attached hydrogens (tertiary/aromatic N) is 1. The predicted molar refractivity (Wildman–Crippen MR) is 248 cm³/mol. The molecule has 2 nitrogen and oxygen atoms in total. The molecule has 0 spiro atoms. The lowest BCUT2D eigenvalue weighted by Crippen LogP contribution is -2.14. The number of benzene rings is 9. The van der Waals surface area contributed by atoms with Crippen molar-refractivity contribution in [2.45, 2.75) is 19.3 Å². The third kappa shape index (κ3) is 5.87. The van der Waals surface area contributed by atoms with Crippen molar-refractivity contribution in [1.82, 2.24) is 0 Å². The van der Waals surface area contributed by atoms with Gasteiger partial charge in [0.25, 0.3) is 0 Å². The van der Waals surface area contributed by atoms with Crippen LogP contribution in [0.2, 0.25) is 0 Å². The van der Waals surface area contributed by atoms with Crippen LogP contribution >= 0.6 is 0 Å². The summed E-state index contributed by atoms with van der Waals surface area (Å²) in [6.45, 7) is 4.68. The molecule has 0 bridgehead atoms. The highest BCUT2D eigenvalue weighted by molar-refractivity contribution is 6.18. The van der Waals surface area contributed by atoms with E-state index in [9.17, 15) is 0 Å². The summed E-state index contributed by atoms with van der Waals surface area (Å²) in [5, 5.41) is 2.25. The molecule has 0 radical (unpaired) electrons. The standard InChI is InChI=1S/C57H41NO/c1-57(2)50-21-13-12-20-48(50)55-51(57)37-53-56(54(55)44-18-10-5-11-19-44)49-36-47(34-35-52(49)59-53)58(45-30-26-42(27-31-45)39-16-8-4-9-17-39)46-32-28-43(29-33-46)41-24-22-40(23-25-41)38-14-6-3-7-15-38/h3-37H,1-2H3. The number of anilines is 3. The summed E-state index contributed by atoms with van der Waals surface area (Å²) < 4.78 is 6.83. The smallest absolute Gasteiger partial charge is 0.136 e. The highest BCUT2D eigenvalue weighted by atomic mass is 16.3. The molecule has 0 aliphatic heterocycles. The normalized spacial score (nSPS) is 12.7. The van der Waals surface area contributed by atoms with Crippen molar-refractivity contribution in [3.8, 4) is 55.6 Å². The first-order chi connectivity index (χ1) is 29.0. The van der Waals surface area contributed by atoms with Gasteiger partial charge < -0.3 is 9.32 Å². The van der Waals surface area contributed by atoms with Crippen LogP contribution in [0.15, 0.2) is 217 Å². The Morgan fingerprint density at radius 2 is 0.797 bits per heavy atom. The Morgan fingerprint density at radius 3 is 1.34 bits per heavy atom. The van der Waals surface area contributed by atoms with E-state index in [-0.39, 0.29) is 5.41 Å². The highest BCUT2D eigenvalue weighted by Gasteiger charge is 2.38. The van der Waals surface area contributed by atoms with Crippen molar-refractivity contribution in [3.63, 3.8) is 0 Å². The Hall–Kier alpha value is -7.42. The lowest BCUT2D eigenvalue weighted by molar-refractivity contribution is 0.647. The van der Waals surface area contributed by atoms with E-state index in [1.165, 1.54) is 66.8 Å². The van der Waals surface area contributed by atoms with Gasteiger partial charge >= 0.3 is 0 Å². The molecule has 0 fully saturated rings. The van der Waals surface area contributed by atoms with E-state index in [4.69, 9.17) is 4.42 Å². The van der Waals surface area contributed by atoms with Gasteiger partial charge in [-0.05, 0) is 110 Å². The first-order valence-corrected chi connectivity index (χ1v) is 20.4. The molecule has 0 unspecified atom stereocenters. The molecular weight excluding hydrogens is 715 g/mol. The summed E-state index contributed by atoms with van der Waals surface area (Å²) in [7, 11) is 0. The fraction of sp³-hybridized carbons (Fsp3) is 0.0526. The molecule has 1 heterocycles. The molecule has 0 saturated heterocycles. The van der Waals surface area contributed by atoms with Gasteiger partial charge in [0.05, 0.1) is 0 Å². The maximum atomic E-state index is 6.83. The predicted octanol–water partition coefficient (Wildman–Crippen LogP) is 16.0. The van der Waals surface area contributed by atoms with Crippen LogP contribution in [0.5, 0.6) is 0 Å². The molecular formula is C57H41NO. The molecule has 9 aromatic carbocycles. The maximum absolute atomic E-state index is 6.83. The Kier molecular flexibility index (Phi) is 8.20. The summed E-state index contributed by atoms with van der Waals surface area (Å²) in [5.41, 5.74) is 19.7. The molecule has 10 aromatic rings. The van der Waals surface area contributed by atoms with Crippen LogP contribution < -0.4 is 4.90 Å². The van der Waals surface area contributed by atoms with Crippen LogP contribution in [-0.2, 0) is 5.41 Å². The third-order valence-electron chi connectivity index (χ3n) is 12.3. The maximum Gasteiger partial charge on any atom is 0.136 e. The van der Waals surface area contributed by atoms with Crippen molar-refractivity contribution in [2.24, 2.45) is 0 Å². The molecule has 59 heavy (non-hydrogen) atoms. The van der Waals surface area contributed by atoms with Gasteiger partial charge in [0.15, 0.2) is 0 Å². The van der Waals surface area contributed by atoms with Gasteiger partial charge in [-0.25, -0.2) is 0 Å². The molecule has 0 saturated carbocycles. The zero-order chi connectivity index (χ0) is 39.5. The highest BCUT2D eigenvalue weighted by Crippen LogP contribution is 2.56. The number of fused-ring (bicyclic) bond motifs is 6. The van der Waals surface area contributed by atoms with Crippen molar-refractivity contribution < 1.29 is 4.42 Å². The van der Waals surface area contributed by atoms with E-state index < -0.39 is 0 Å². The largest absolute Gasteiger partial charge is 0.456 e. The van der Waals surface area contributed by atoms with Crippen LogP contribution in [0.4, 0.5) is 17.1 Å². The first kappa shape index (κ1) is 34.8. The minimum absolute atomic E-state index is 0.160. The van der Waals surface area contributed by atoms with Crippen LogP contribution in [0.1, 0.15) is 25.0 Å². The fourth-order valence-electron chi connectivity index (χ4n) is 9.29. The molecule has 0 N–H and O–H groups in total. The SMILES string of the molecule is CC1(C)c2ccccc2-c2c1cc1oc3ccc(N(c4ccc(-c5ccccc5)cc4)c4ccc(-c5ccc(-c6ccccc6)cc5)cc4)cc3c1c2-c1ccccc1. The minimum atomic E-state index is -0.160. The van der Waals surface area contributed by atoms with Gasteiger partial charge in [0.2, 0.25) is 0 Å². The van der Waals surface area contributed by atoms with E-state index in [0.29, 0.717) is 0 Å². The lowest BCUT2D eigenvalue weighted by Gasteiger charge is -2.26. The van der Waals surface area contributed by atoms with Gasteiger partial charge in [0, 0.05) is 38.8 Å². The summed E-state index contributed by atoms with van der Waals surface area (Å²) in [6, 6.07) is 76.6. The average molecular weight is 756 g/mol. The zero-order valence-electron chi connectivity index (χ0n) is 33.1. The Bertz CT molecular complexity index is 3130. The monoisotopic (exact) mass is 755 g/mol. The second-order valence-corrected chi connectivity index (χ2v) is 16.1. The average Bonchev–Trinajstić information content (AvgIpc) is 3.78. The van der Waals surface area contributed by atoms with Gasteiger partial charge in [0.1, 0.15) is 11.2 Å². The van der Waals surface area contributed by atoms with Gasteiger partial charge in [-0.15, -0.1) is 0 Å². The summed E-state index contributed by atoms with van der Waals surface area (Å²) in [6.07, 6.45) is 0. The fourth-order valence-corrected chi connectivity index (χ4v) is 9.29. The van der Waals surface area contributed by atoms with E-state index in [1.807, 2.05) is 0 Å². The second kappa shape index (κ2) is 13.9. The van der Waals surface area contributed by atoms with Crippen LogP contribution in [0.3, 0.4) is 0 Å². The summed E-state index contributed by atoms with van der Waals surface area (Å²) in [4.78, 5) is 2.36. The molecule has 1 aliphatic carbocycles. The van der Waals surface area contributed by atoms with Gasteiger partial charge in [-0.1, -0.05) is 178 Å². The molecule has 2 heteroatoms. The van der Waals surface area contributed by atoms with Crippen molar-refractivity contribution in [1.29, 1.82) is 0 Å². The molecule has 11 rings (SSSR count). The molecule has 1 aliphatic rings. The van der Waals surface area contributed by atoms with Crippen molar-refractivity contribution in [3.05, 3.63) is 223 Å². The van der Waals surface area contributed by atoms with Crippen molar-refractivity contribution >= 4 is 39.0 Å². The summed E-state index contributed by atoms with van der Waals surface area (Å²) in [5.74, 6) is 0. The van der Waals surface area contributed by atoms with E-state index in [0.717, 1.165) is 39.0 Å². The number of hydrogen-bond donors (Lipinski definition) is 0. The van der Waals surface area contributed by atoms with Gasteiger partial charge in [-0.3, -0.25) is 0 Å². The van der Waals surface area contributed by atoms with E-state index in [2.05, 4.69) is 231 Å². The molecule has 1 aromatic heterocycles. The van der Waals surface area contributed by atoms with Crippen molar-refractivity contribution in [2.75, 3.05) is 4.90 Å².